The van der Waals surface area contributed by atoms with E-state index in [2.05, 4.69) is 10.3 Å². The minimum atomic E-state index is 0.265. The molecular weight excluding hydrogens is 130 g/mol. The molecular formula is C6H9N3O. The summed E-state index contributed by atoms with van der Waals surface area (Å²) < 4.78 is 1.64. The van der Waals surface area contributed by atoms with Crippen LogP contribution in [0.15, 0.2) is 6.20 Å². The standard InChI is InChI=1S/C6H9N3O/c1-5(2)9-3-6(4-10)7-8-9/h3-5H,1-2H3. The van der Waals surface area contributed by atoms with Crippen molar-refractivity contribution in [2.45, 2.75) is 19.9 Å². The quantitative estimate of drug-likeness (QED) is 0.566. The van der Waals surface area contributed by atoms with Crippen molar-refractivity contribution in [3.8, 4) is 0 Å². The van der Waals surface area contributed by atoms with Crippen molar-refractivity contribution in [3.63, 3.8) is 0 Å². The van der Waals surface area contributed by atoms with Gasteiger partial charge in [-0.2, -0.15) is 0 Å². The Morgan fingerprint density at radius 2 is 2.40 bits per heavy atom. The summed E-state index contributed by atoms with van der Waals surface area (Å²) >= 11 is 0. The minimum Gasteiger partial charge on any atom is -0.296 e. The van der Waals surface area contributed by atoms with Gasteiger partial charge in [0, 0.05) is 6.04 Å². The maximum absolute atomic E-state index is 10.1. The minimum absolute atomic E-state index is 0.265. The van der Waals surface area contributed by atoms with E-state index < -0.39 is 0 Å². The largest absolute Gasteiger partial charge is 0.296 e. The molecule has 0 aliphatic heterocycles. The van der Waals surface area contributed by atoms with Crippen LogP contribution in [-0.4, -0.2) is 21.3 Å². The molecule has 1 aromatic heterocycles. The zero-order valence-electron chi connectivity index (χ0n) is 5.98. The van der Waals surface area contributed by atoms with Crippen LogP contribution < -0.4 is 0 Å². The summed E-state index contributed by atoms with van der Waals surface area (Å²) in [5, 5.41) is 7.32. The highest BCUT2D eigenvalue weighted by molar-refractivity contribution is 5.70. The molecule has 4 heteroatoms. The van der Waals surface area contributed by atoms with Gasteiger partial charge in [-0.3, -0.25) is 4.79 Å². The Bertz CT molecular complexity index is 229. The molecule has 10 heavy (non-hydrogen) atoms. The van der Waals surface area contributed by atoms with Crippen molar-refractivity contribution in [1.82, 2.24) is 15.0 Å². The van der Waals surface area contributed by atoms with Crippen LogP contribution in [0.4, 0.5) is 0 Å². The Labute approximate surface area is 58.8 Å². The number of aldehydes is 1. The summed E-state index contributed by atoms with van der Waals surface area (Å²) in [6, 6.07) is 0.265. The van der Waals surface area contributed by atoms with Gasteiger partial charge in [-0.1, -0.05) is 5.21 Å². The van der Waals surface area contributed by atoms with Crippen molar-refractivity contribution in [3.05, 3.63) is 11.9 Å². The molecule has 0 bridgehead atoms. The van der Waals surface area contributed by atoms with Crippen LogP contribution in [0.2, 0.25) is 0 Å². The maximum atomic E-state index is 10.1. The van der Waals surface area contributed by atoms with Crippen LogP contribution in [0, 0.1) is 0 Å². The number of aromatic nitrogens is 3. The highest BCUT2D eigenvalue weighted by atomic mass is 16.1. The van der Waals surface area contributed by atoms with Crippen LogP contribution in [0.3, 0.4) is 0 Å². The van der Waals surface area contributed by atoms with Crippen LogP contribution >= 0.6 is 0 Å². The van der Waals surface area contributed by atoms with E-state index in [4.69, 9.17) is 0 Å². The van der Waals surface area contributed by atoms with Gasteiger partial charge >= 0.3 is 0 Å². The monoisotopic (exact) mass is 139 g/mol. The van der Waals surface area contributed by atoms with E-state index in [0.717, 1.165) is 0 Å². The Morgan fingerprint density at radius 1 is 1.70 bits per heavy atom. The molecule has 0 amide bonds. The molecule has 0 saturated heterocycles. The van der Waals surface area contributed by atoms with Crippen molar-refractivity contribution in [1.29, 1.82) is 0 Å². The molecule has 0 saturated carbocycles. The van der Waals surface area contributed by atoms with E-state index in [1.54, 1.807) is 10.9 Å². The summed E-state index contributed by atoms with van der Waals surface area (Å²) in [7, 11) is 0. The number of carbonyl (C=O) groups excluding carboxylic acids is 1. The van der Waals surface area contributed by atoms with E-state index in [9.17, 15) is 4.79 Å². The summed E-state index contributed by atoms with van der Waals surface area (Å²) in [4.78, 5) is 10.1. The molecule has 0 aromatic carbocycles. The first-order valence-electron chi connectivity index (χ1n) is 3.11. The van der Waals surface area contributed by atoms with Crippen molar-refractivity contribution >= 4 is 6.29 Å². The predicted octanol–water partition coefficient (Wildman–Crippen LogP) is 0.671. The fourth-order valence-corrected chi connectivity index (χ4v) is 0.597. The third kappa shape index (κ3) is 1.21. The number of nitrogens with zero attached hydrogens (tertiary/aromatic N) is 3. The first-order chi connectivity index (χ1) is 4.74. The van der Waals surface area contributed by atoms with E-state index in [1.807, 2.05) is 13.8 Å². The molecule has 0 spiro atoms. The van der Waals surface area contributed by atoms with Gasteiger partial charge in [-0.25, -0.2) is 4.68 Å². The van der Waals surface area contributed by atoms with Gasteiger partial charge in [0.2, 0.25) is 0 Å². The summed E-state index contributed by atoms with van der Waals surface area (Å²) in [5.41, 5.74) is 0.383. The van der Waals surface area contributed by atoms with Crippen LogP contribution in [0.5, 0.6) is 0 Å². The van der Waals surface area contributed by atoms with Gasteiger partial charge in [0.25, 0.3) is 0 Å². The number of rotatable bonds is 2. The van der Waals surface area contributed by atoms with Gasteiger partial charge in [0.15, 0.2) is 6.29 Å². The molecule has 1 heterocycles. The number of hydrogen-bond acceptors (Lipinski definition) is 3. The van der Waals surface area contributed by atoms with Gasteiger partial charge in [-0.15, -0.1) is 5.10 Å². The molecule has 0 aliphatic rings. The second-order valence-corrected chi connectivity index (χ2v) is 2.34. The Hall–Kier alpha value is -1.19. The second kappa shape index (κ2) is 2.60. The van der Waals surface area contributed by atoms with Gasteiger partial charge in [0.1, 0.15) is 5.69 Å². The van der Waals surface area contributed by atoms with Gasteiger partial charge in [0.05, 0.1) is 6.20 Å². The third-order valence-corrected chi connectivity index (χ3v) is 1.18. The fraction of sp³-hybridized carbons (Fsp3) is 0.500. The van der Waals surface area contributed by atoms with E-state index in [-0.39, 0.29) is 6.04 Å². The SMILES string of the molecule is CC(C)n1cc(C=O)nn1. The number of carbonyl (C=O) groups is 1. The summed E-state index contributed by atoms with van der Waals surface area (Å²) in [6.45, 7) is 3.95. The smallest absolute Gasteiger partial charge is 0.171 e. The molecule has 0 N–H and O–H groups in total. The van der Waals surface area contributed by atoms with Crippen LogP contribution in [0.25, 0.3) is 0 Å². The van der Waals surface area contributed by atoms with Gasteiger partial charge < -0.3 is 0 Å². The van der Waals surface area contributed by atoms with Gasteiger partial charge in [-0.05, 0) is 13.8 Å². The highest BCUT2D eigenvalue weighted by Crippen LogP contribution is 1.99. The lowest BCUT2D eigenvalue weighted by Crippen LogP contribution is -2.00. The molecule has 1 aromatic rings. The summed E-state index contributed by atoms with van der Waals surface area (Å²) in [6.07, 6.45) is 2.31. The zero-order chi connectivity index (χ0) is 7.56. The molecule has 0 radical (unpaired) electrons. The average Bonchev–Trinajstić information content (AvgIpc) is 2.34. The number of hydrogen-bond donors (Lipinski definition) is 0. The Morgan fingerprint density at radius 3 is 2.70 bits per heavy atom. The fourth-order valence-electron chi connectivity index (χ4n) is 0.597. The highest BCUT2D eigenvalue weighted by Gasteiger charge is 2.00. The molecule has 0 atom stereocenters. The molecule has 0 fully saturated rings. The Balaban J connectivity index is 2.88. The lowest BCUT2D eigenvalue weighted by atomic mass is 10.4. The molecule has 1 rings (SSSR count). The van der Waals surface area contributed by atoms with Crippen LogP contribution in [-0.2, 0) is 0 Å². The Kier molecular flexibility index (Phi) is 1.80. The normalized spacial score (nSPS) is 10.3. The zero-order valence-corrected chi connectivity index (χ0v) is 5.98. The van der Waals surface area contributed by atoms with E-state index in [1.165, 1.54) is 0 Å². The van der Waals surface area contributed by atoms with E-state index in [0.29, 0.717) is 12.0 Å². The topological polar surface area (TPSA) is 47.8 Å². The lowest BCUT2D eigenvalue weighted by molar-refractivity contribution is 0.111. The summed E-state index contributed by atoms with van der Waals surface area (Å²) in [5.74, 6) is 0. The average molecular weight is 139 g/mol. The first-order valence-corrected chi connectivity index (χ1v) is 3.11. The lowest BCUT2D eigenvalue weighted by Gasteiger charge is -2.00. The molecule has 4 nitrogen and oxygen atoms in total. The van der Waals surface area contributed by atoms with Crippen molar-refractivity contribution in [2.24, 2.45) is 0 Å². The van der Waals surface area contributed by atoms with E-state index >= 15 is 0 Å². The maximum Gasteiger partial charge on any atom is 0.171 e. The molecule has 54 valence electrons. The third-order valence-electron chi connectivity index (χ3n) is 1.18. The second-order valence-electron chi connectivity index (χ2n) is 2.34. The van der Waals surface area contributed by atoms with Crippen molar-refractivity contribution in [2.75, 3.05) is 0 Å². The van der Waals surface area contributed by atoms with Crippen LogP contribution in [0.1, 0.15) is 30.4 Å². The molecule has 0 aliphatic carbocycles. The first kappa shape index (κ1) is 6.92. The van der Waals surface area contributed by atoms with Crippen molar-refractivity contribution < 1.29 is 4.79 Å². The molecule has 0 unspecified atom stereocenters. The predicted molar refractivity (Wildman–Crippen MR) is 35.8 cm³/mol.